The van der Waals surface area contributed by atoms with Gasteiger partial charge in [-0.15, -0.1) is 3.89 Å². The van der Waals surface area contributed by atoms with E-state index in [0.29, 0.717) is 40.3 Å². The van der Waals surface area contributed by atoms with Gasteiger partial charge < -0.3 is 11.5 Å². The number of rotatable bonds is 7. The van der Waals surface area contributed by atoms with Crippen LogP contribution >= 0.6 is 23.2 Å². The number of hydrogen-bond donors (Lipinski definition) is 2. The van der Waals surface area contributed by atoms with Crippen LogP contribution in [0.5, 0.6) is 0 Å². The molecule has 0 amide bonds. The van der Waals surface area contributed by atoms with Gasteiger partial charge in [-0.25, -0.2) is 4.98 Å². The van der Waals surface area contributed by atoms with Crippen LogP contribution in [0.4, 0.5) is 15.7 Å². The fraction of sp³-hybridized carbons (Fsp3) is 0.333. The van der Waals surface area contributed by atoms with Crippen LogP contribution in [0.3, 0.4) is 0 Å². The number of likely N-dealkylation sites (tertiary alicyclic amines) is 1. The lowest BCUT2D eigenvalue weighted by Gasteiger charge is -2.33. The van der Waals surface area contributed by atoms with Gasteiger partial charge in [-0.3, -0.25) is 4.90 Å². The highest BCUT2D eigenvalue weighted by Gasteiger charge is 2.22. The van der Waals surface area contributed by atoms with E-state index in [4.69, 9.17) is 34.7 Å². The molecule has 2 heterocycles. The van der Waals surface area contributed by atoms with Crippen LogP contribution in [0.25, 0.3) is 11.1 Å². The summed E-state index contributed by atoms with van der Waals surface area (Å²) in [4.78, 5) is 10.6. The zero-order valence-corrected chi connectivity index (χ0v) is 21.3. The number of nitrogens with zero attached hydrogens (tertiary/aromatic N) is 3. The van der Waals surface area contributed by atoms with Gasteiger partial charge in [0.2, 0.25) is 5.95 Å². The standard InChI is InChI=1S/C24H26Cl2FN5O2S/c25-19-8-7-17(12-20(19)26)22-21(30-24(29)31-23(22)28)9-6-15-4-2-10-32(13-15)14-16-3-1-5-18(11-16)35(27,33)34/h1,3,5,7-8,11-12,15H,2,4,6,9-10,13-14H2,(H4,28,29,30,31). The highest BCUT2D eigenvalue weighted by atomic mass is 35.5. The molecule has 2 aromatic carbocycles. The Hall–Kier alpha value is -2.46. The summed E-state index contributed by atoms with van der Waals surface area (Å²) in [6.07, 6.45) is 3.59. The normalized spacial score (nSPS) is 16.9. The van der Waals surface area contributed by atoms with Crippen molar-refractivity contribution in [2.24, 2.45) is 5.92 Å². The molecular weight excluding hydrogens is 512 g/mol. The minimum atomic E-state index is -4.72. The Balaban J connectivity index is 1.47. The van der Waals surface area contributed by atoms with Crippen LogP contribution in [0.15, 0.2) is 47.4 Å². The third-order valence-corrected chi connectivity index (χ3v) is 7.77. The second-order valence-electron chi connectivity index (χ2n) is 8.78. The van der Waals surface area contributed by atoms with E-state index >= 15 is 0 Å². The van der Waals surface area contributed by atoms with Crippen LogP contribution in [-0.4, -0.2) is 36.4 Å². The molecule has 3 aromatic rings. The van der Waals surface area contributed by atoms with Crippen LogP contribution < -0.4 is 11.5 Å². The number of piperidine rings is 1. The predicted molar refractivity (Wildman–Crippen MR) is 137 cm³/mol. The van der Waals surface area contributed by atoms with Crippen molar-refractivity contribution in [3.63, 3.8) is 0 Å². The minimum absolute atomic E-state index is 0.120. The maximum absolute atomic E-state index is 13.4. The smallest absolute Gasteiger partial charge is 0.332 e. The largest absolute Gasteiger partial charge is 0.383 e. The number of benzene rings is 2. The summed E-state index contributed by atoms with van der Waals surface area (Å²) in [5.41, 5.74) is 15.1. The molecule has 0 bridgehead atoms. The lowest BCUT2D eigenvalue weighted by atomic mass is 9.91. The second kappa shape index (κ2) is 10.7. The molecule has 7 nitrogen and oxygen atoms in total. The molecule has 1 aromatic heterocycles. The van der Waals surface area contributed by atoms with Gasteiger partial charge in [-0.2, -0.15) is 13.4 Å². The molecule has 0 radical (unpaired) electrons. The topological polar surface area (TPSA) is 115 Å². The van der Waals surface area contributed by atoms with Gasteiger partial charge in [-0.05, 0) is 73.5 Å². The highest BCUT2D eigenvalue weighted by molar-refractivity contribution is 7.86. The van der Waals surface area contributed by atoms with Gasteiger partial charge >= 0.3 is 10.2 Å². The van der Waals surface area contributed by atoms with E-state index in [1.54, 1.807) is 18.2 Å². The minimum Gasteiger partial charge on any atom is -0.383 e. The number of aromatic nitrogens is 2. The van der Waals surface area contributed by atoms with Gasteiger partial charge in [0.15, 0.2) is 0 Å². The maximum Gasteiger partial charge on any atom is 0.332 e. The molecule has 35 heavy (non-hydrogen) atoms. The predicted octanol–water partition coefficient (Wildman–Crippen LogP) is 5.12. The van der Waals surface area contributed by atoms with Crippen LogP contribution in [0.2, 0.25) is 10.0 Å². The van der Waals surface area contributed by atoms with Crippen molar-refractivity contribution < 1.29 is 12.3 Å². The lowest BCUT2D eigenvalue weighted by Crippen LogP contribution is -2.35. The van der Waals surface area contributed by atoms with E-state index in [9.17, 15) is 12.3 Å². The number of aryl methyl sites for hydroxylation is 1. The van der Waals surface area contributed by atoms with Crippen molar-refractivity contribution in [1.82, 2.24) is 14.9 Å². The lowest BCUT2D eigenvalue weighted by molar-refractivity contribution is 0.161. The molecule has 0 aliphatic carbocycles. The maximum atomic E-state index is 13.4. The first-order valence-electron chi connectivity index (χ1n) is 11.2. The summed E-state index contributed by atoms with van der Waals surface area (Å²) in [5.74, 6) is 0.809. The van der Waals surface area contributed by atoms with Gasteiger partial charge in [0.05, 0.1) is 20.6 Å². The molecule has 4 rings (SSSR count). The molecule has 1 fully saturated rings. The molecule has 11 heteroatoms. The number of halogens is 3. The Morgan fingerprint density at radius 3 is 2.63 bits per heavy atom. The van der Waals surface area contributed by atoms with Crippen molar-refractivity contribution in [3.8, 4) is 11.1 Å². The molecule has 1 aliphatic heterocycles. The number of hydrogen-bond acceptors (Lipinski definition) is 7. The average Bonchev–Trinajstić information content (AvgIpc) is 2.79. The van der Waals surface area contributed by atoms with Crippen LogP contribution in [-0.2, 0) is 23.2 Å². The highest BCUT2D eigenvalue weighted by Crippen LogP contribution is 2.34. The van der Waals surface area contributed by atoms with Crippen molar-refractivity contribution in [1.29, 1.82) is 0 Å². The monoisotopic (exact) mass is 537 g/mol. The fourth-order valence-electron chi connectivity index (χ4n) is 4.62. The van der Waals surface area contributed by atoms with Crippen molar-refractivity contribution >= 4 is 45.2 Å². The van der Waals surface area contributed by atoms with E-state index in [2.05, 4.69) is 14.9 Å². The van der Waals surface area contributed by atoms with Gasteiger partial charge in [0, 0.05) is 18.7 Å². The first-order chi connectivity index (χ1) is 16.6. The Labute approximate surface area is 214 Å². The molecule has 186 valence electrons. The molecular formula is C24H26Cl2FN5O2S. The number of nitrogen functional groups attached to an aromatic ring is 2. The molecule has 1 atom stereocenters. The second-order valence-corrected chi connectivity index (χ2v) is 10.9. The number of anilines is 2. The first kappa shape index (κ1) is 25.6. The number of nitrogens with two attached hydrogens (primary N) is 2. The van der Waals surface area contributed by atoms with Crippen molar-refractivity contribution in [2.45, 2.75) is 37.1 Å². The summed E-state index contributed by atoms with van der Waals surface area (Å²) >= 11 is 12.3. The van der Waals surface area contributed by atoms with Crippen molar-refractivity contribution in [2.75, 3.05) is 24.6 Å². The fourth-order valence-corrected chi connectivity index (χ4v) is 5.45. The average molecular weight is 538 g/mol. The molecule has 4 N–H and O–H groups in total. The van der Waals surface area contributed by atoms with E-state index < -0.39 is 10.2 Å². The Kier molecular flexibility index (Phi) is 7.80. The van der Waals surface area contributed by atoms with E-state index in [0.717, 1.165) is 49.2 Å². The van der Waals surface area contributed by atoms with Crippen LogP contribution in [0, 0.1) is 5.92 Å². The van der Waals surface area contributed by atoms with Crippen LogP contribution in [0.1, 0.15) is 30.5 Å². The summed E-state index contributed by atoms with van der Waals surface area (Å²) in [6, 6.07) is 11.3. The molecule has 0 saturated carbocycles. The van der Waals surface area contributed by atoms with E-state index in [-0.39, 0.29) is 10.8 Å². The SMILES string of the molecule is Nc1nc(N)c(-c2ccc(Cl)c(Cl)c2)c(CCC2CCCN(Cc3cccc(S(=O)(=O)F)c3)C2)n1. The summed E-state index contributed by atoms with van der Waals surface area (Å²) < 4.78 is 35.9. The first-order valence-corrected chi connectivity index (χ1v) is 13.4. The molecule has 1 aliphatic rings. The molecule has 1 unspecified atom stereocenters. The summed E-state index contributed by atoms with van der Waals surface area (Å²) in [7, 11) is -4.72. The zero-order chi connectivity index (χ0) is 25.2. The molecule has 0 spiro atoms. The molecule has 1 saturated heterocycles. The third-order valence-electron chi connectivity index (χ3n) is 6.22. The summed E-state index contributed by atoms with van der Waals surface area (Å²) in [5, 5.41) is 0.864. The summed E-state index contributed by atoms with van der Waals surface area (Å²) in [6.45, 7) is 2.29. The Bertz CT molecular complexity index is 1340. The van der Waals surface area contributed by atoms with Crippen molar-refractivity contribution in [3.05, 3.63) is 63.8 Å². The Morgan fingerprint density at radius 2 is 1.89 bits per heavy atom. The third kappa shape index (κ3) is 6.41. The van der Waals surface area contributed by atoms with Gasteiger partial charge in [0.1, 0.15) is 5.82 Å². The quantitative estimate of drug-likeness (QED) is 0.402. The Morgan fingerprint density at radius 1 is 1.09 bits per heavy atom. The van der Waals surface area contributed by atoms with Gasteiger partial charge in [-0.1, -0.05) is 41.4 Å². The van der Waals surface area contributed by atoms with Gasteiger partial charge in [0.25, 0.3) is 0 Å². The van der Waals surface area contributed by atoms with E-state index in [1.807, 2.05) is 12.1 Å². The zero-order valence-electron chi connectivity index (χ0n) is 18.9. The van der Waals surface area contributed by atoms with E-state index in [1.165, 1.54) is 12.1 Å².